The molecule has 0 saturated carbocycles. The Labute approximate surface area is 144 Å². The van der Waals surface area contributed by atoms with E-state index in [1.807, 2.05) is 18.2 Å². The lowest BCUT2D eigenvalue weighted by Crippen LogP contribution is -2.37. The summed E-state index contributed by atoms with van der Waals surface area (Å²) in [5, 5.41) is 11.0. The van der Waals surface area contributed by atoms with Crippen molar-refractivity contribution in [2.75, 3.05) is 39.3 Å². The number of fused-ring (bicyclic) bond motifs is 1. The monoisotopic (exact) mass is 328 g/mol. The molecule has 2 aliphatic rings. The van der Waals surface area contributed by atoms with E-state index in [2.05, 4.69) is 21.9 Å². The number of benzene rings is 1. The van der Waals surface area contributed by atoms with Gasteiger partial charge in [-0.15, -0.1) is 0 Å². The molecule has 2 aliphatic heterocycles. The van der Waals surface area contributed by atoms with Crippen molar-refractivity contribution in [3.8, 4) is 0 Å². The standard InChI is InChI=1S/C20H28N2O2/c23-15-18-13-22(12-17(18)11-21-8-4-1-5-9-21)14-19-10-16-6-2-3-7-20(16)24-19/h2-3,6-7,10,17-18,23H,1,4-5,8-9,11-15H2/t17-,18-/m1/s1. The summed E-state index contributed by atoms with van der Waals surface area (Å²) in [6, 6.07) is 10.3. The first-order chi connectivity index (χ1) is 11.8. The summed E-state index contributed by atoms with van der Waals surface area (Å²) in [4.78, 5) is 5.05. The molecule has 4 heteroatoms. The number of aliphatic hydroxyl groups excluding tert-OH is 1. The molecular weight excluding hydrogens is 300 g/mol. The molecule has 1 aromatic heterocycles. The fourth-order valence-electron chi connectivity index (χ4n) is 4.39. The van der Waals surface area contributed by atoms with Gasteiger partial charge in [-0.3, -0.25) is 4.90 Å². The maximum atomic E-state index is 9.80. The third kappa shape index (κ3) is 3.51. The maximum Gasteiger partial charge on any atom is 0.134 e. The molecule has 0 spiro atoms. The molecule has 0 radical (unpaired) electrons. The van der Waals surface area contributed by atoms with Crippen molar-refractivity contribution in [1.29, 1.82) is 0 Å². The number of hydrogen-bond acceptors (Lipinski definition) is 4. The van der Waals surface area contributed by atoms with Crippen LogP contribution in [0.4, 0.5) is 0 Å². The largest absolute Gasteiger partial charge is 0.460 e. The summed E-state index contributed by atoms with van der Waals surface area (Å²) in [6.07, 6.45) is 4.04. The van der Waals surface area contributed by atoms with Crippen LogP contribution in [0.2, 0.25) is 0 Å². The minimum Gasteiger partial charge on any atom is -0.460 e. The van der Waals surface area contributed by atoms with Gasteiger partial charge < -0.3 is 14.4 Å². The van der Waals surface area contributed by atoms with Crippen LogP contribution in [0.25, 0.3) is 11.0 Å². The number of nitrogens with zero attached hydrogens (tertiary/aromatic N) is 2. The van der Waals surface area contributed by atoms with E-state index < -0.39 is 0 Å². The van der Waals surface area contributed by atoms with Crippen LogP contribution in [-0.2, 0) is 6.54 Å². The molecule has 24 heavy (non-hydrogen) atoms. The summed E-state index contributed by atoms with van der Waals surface area (Å²) < 4.78 is 5.97. The fourth-order valence-corrected chi connectivity index (χ4v) is 4.39. The second-order valence-electron chi connectivity index (χ2n) is 7.51. The molecule has 4 nitrogen and oxygen atoms in total. The molecule has 3 heterocycles. The lowest BCUT2D eigenvalue weighted by Gasteiger charge is -2.30. The highest BCUT2D eigenvalue weighted by molar-refractivity contribution is 5.77. The van der Waals surface area contributed by atoms with Crippen LogP contribution in [0.5, 0.6) is 0 Å². The van der Waals surface area contributed by atoms with Crippen LogP contribution < -0.4 is 0 Å². The van der Waals surface area contributed by atoms with Crippen LogP contribution >= 0.6 is 0 Å². The molecule has 0 unspecified atom stereocenters. The van der Waals surface area contributed by atoms with Gasteiger partial charge in [0, 0.05) is 31.6 Å². The Morgan fingerprint density at radius 3 is 2.58 bits per heavy atom. The number of piperidine rings is 1. The molecule has 2 aromatic rings. The lowest BCUT2D eigenvalue weighted by atomic mass is 9.95. The molecule has 2 fully saturated rings. The number of likely N-dealkylation sites (tertiary alicyclic amines) is 2. The zero-order valence-electron chi connectivity index (χ0n) is 14.4. The summed E-state index contributed by atoms with van der Waals surface area (Å²) in [6.45, 7) is 6.81. The van der Waals surface area contributed by atoms with Crippen LogP contribution in [0.3, 0.4) is 0 Å². The SMILES string of the molecule is OC[C@H]1CN(Cc2cc3ccccc3o2)C[C@H]1CN1CCCCC1. The van der Waals surface area contributed by atoms with E-state index in [4.69, 9.17) is 4.42 Å². The van der Waals surface area contributed by atoms with Gasteiger partial charge in [-0.25, -0.2) is 0 Å². The summed E-state index contributed by atoms with van der Waals surface area (Å²) in [7, 11) is 0. The normalized spacial score (nSPS) is 26.4. The highest BCUT2D eigenvalue weighted by Crippen LogP contribution is 2.28. The Morgan fingerprint density at radius 1 is 1.00 bits per heavy atom. The fraction of sp³-hybridized carbons (Fsp3) is 0.600. The second-order valence-corrected chi connectivity index (χ2v) is 7.51. The number of rotatable bonds is 5. The number of furan rings is 1. The van der Waals surface area contributed by atoms with Crippen molar-refractivity contribution in [1.82, 2.24) is 9.80 Å². The first-order valence-electron chi connectivity index (χ1n) is 9.35. The van der Waals surface area contributed by atoms with E-state index in [0.717, 1.165) is 37.5 Å². The molecule has 0 aliphatic carbocycles. The van der Waals surface area contributed by atoms with E-state index in [9.17, 15) is 5.11 Å². The minimum atomic E-state index is 0.301. The van der Waals surface area contributed by atoms with E-state index in [1.165, 1.54) is 37.7 Å². The summed E-state index contributed by atoms with van der Waals surface area (Å²) >= 11 is 0. The topological polar surface area (TPSA) is 39.9 Å². The molecule has 130 valence electrons. The quantitative estimate of drug-likeness (QED) is 0.916. The molecule has 2 saturated heterocycles. The Balaban J connectivity index is 1.39. The van der Waals surface area contributed by atoms with Crippen LogP contribution in [0.1, 0.15) is 25.0 Å². The summed E-state index contributed by atoms with van der Waals surface area (Å²) in [5.41, 5.74) is 0.968. The van der Waals surface area contributed by atoms with Crippen molar-refractivity contribution in [3.05, 3.63) is 36.1 Å². The lowest BCUT2D eigenvalue weighted by molar-refractivity contribution is 0.149. The number of hydrogen-bond donors (Lipinski definition) is 1. The molecule has 0 bridgehead atoms. The molecule has 1 N–H and O–H groups in total. The Morgan fingerprint density at radius 2 is 1.79 bits per heavy atom. The predicted octanol–water partition coefficient (Wildman–Crippen LogP) is 2.96. The van der Waals surface area contributed by atoms with Gasteiger partial charge in [0.25, 0.3) is 0 Å². The van der Waals surface area contributed by atoms with Gasteiger partial charge >= 0.3 is 0 Å². The van der Waals surface area contributed by atoms with Crippen molar-refractivity contribution in [2.24, 2.45) is 11.8 Å². The van der Waals surface area contributed by atoms with E-state index in [-0.39, 0.29) is 0 Å². The van der Waals surface area contributed by atoms with Crippen molar-refractivity contribution >= 4 is 11.0 Å². The van der Waals surface area contributed by atoms with E-state index in [0.29, 0.717) is 18.4 Å². The van der Waals surface area contributed by atoms with Gasteiger partial charge in [0.05, 0.1) is 6.54 Å². The average molecular weight is 328 g/mol. The van der Waals surface area contributed by atoms with Crippen LogP contribution in [0, 0.1) is 11.8 Å². The third-order valence-corrected chi connectivity index (χ3v) is 5.68. The number of para-hydroxylation sites is 1. The Kier molecular flexibility index (Phi) is 4.88. The zero-order chi connectivity index (χ0) is 16.4. The Bertz CT molecular complexity index is 629. The zero-order valence-corrected chi connectivity index (χ0v) is 14.4. The van der Waals surface area contributed by atoms with Gasteiger partial charge in [-0.2, -0.15) is 0 Å². The first-order valence-corrected chi connectivity index (χ1v) is 9.35. The molecule has 2 atom stereocenters. The van der Waals surface area contributed by atoms with Crippen molar-refractivity contribution < 1.29 is 9.52 Å². The minimum absolute atomic E-state index is 0.301. The van der Waals surface area contributed by atoms with Gasteiger partial charge in [-0.1, -0.05) is 24.6 Å². The molecule has 0 amide bonds. The predicted molar refractivity (Wildman–Crippen MR) is 95.8 cm³/mol. The molecular formula is C20H28N2O2. The maximum absolute atomic E-state index is 9.80. The van der Waals surface area contributed by atoms with E-state index in [1.54, 1.807) is 0 Å². The third-order valence-electron chi connectivity index (χ3n) is 5.68. The molecule has 1 aromatic carbocycles. The van der Waals surface area contributed by atoms with Gasteiger partial charge in [-0.05, 0) is 49.9 Å². The van der Waals surface area contributed by atoms with Gasteiger partial charge in [0.2, 0.25) is 0 Å². The van der Waals surface area contributed by atoms with Crippen LogP contribution in [0.15, 0.2) is 34.7 Å². The Hall–Kier alpha value is -1.36. The van der Waals surface area contributed by atoms with Crippen molar-refractivity contribution in [2.45, 2.75) is 25.8 Å². The highest BCUT2D eigenvalue weighted by Gasteiger charge is 2.33. The van der Waals surface area contributed by atoms with E-state index >= 15 is 0 Å². The first kappa shape index (κ1) is 16.1. The van der Waals surface area contributed by atoms with Crippen molar-refractivity contribution in [3.63, 3.8) is 0 Å². The highest BCUT2D eigenvalue weighted by atomic mass is 16.3. The smallest absolute Gasteiger partial charge is 0.134 e. The number of aliphatic hydroxyl groups is 1. The molecule has 4 rings (SSSR count). The van der Waals surface area contributed by atoms with Gasteiger partial charge in [0.1, 0.15) is 11.3 Å². The second kappa shape index (κ2) is 7.26. The van der Waals surface area contributed by atoms with Crippen LogP contribution in [-0.4, -0.2) is 54.2 Å². The summed E-state index contributed by atoms with van der Waals surface area (Å²) in [5.74, 6) is 2.01. The average Bonchev–Trinajstić information content (AvgIpc) is 3.19. The van der Waals surface area contributed by atoms with Gasteiger partial charge in [0.15, 0.2) is 0 Å².